The summed E-state index contributed by atoms with van der Waals surface area (Å²) in [5.41, 5.74) is 0. The van der Waals surface area contributed by atoms with E-state index in [9.17, 15) is 0 Å². The predicted molar refractivity (Wildman–Crippen MR) is 73.6 cm³/mol. The standard InChI is InChI=1S/C10H14S4/c1-11-7-5-9(13-3)10(14-4)6-8(7)12-2/h5-6H,1-4H3. The molecular weight excluding hydrogens is 248 g/mol. The molecule has 0 saturated heterocycles. The highest BCUT2D eigenvalue weighted by atomic mass is 32.2. The van der Waals surface area contributed by atoms with Crippen molar-refractivity contribution in [1.29, 1.82) is 0 Å². The summed E-state index contributed by atoms with van der Waals surface area (Å²) in [6.07, 6.45) is 8.55. The molecule has 0 aliphatic rings. The summed E-state index contributed by atoms with van der Waals surface area (Å²) in [6.45, 7) is 0. The van der Waals surface area contributed by atoms with Crippen LogP contribution in [0.1, 0.15) is 0 Å². The Morgan fingerprint density at radius 3 is 0.929 bits per heavy atom. The lowest BCUT2D eigenvalue weighted by atomic mass is 10.3. The smallest absolute Gasteiger partial charge is 0.0217 e. The third kappa shape index (κ3) is 2.81. The van der Waals surface area contributed by atoms with E-state index in [1.54, 1.807) is 0 Å². The first-order chi connectivity index (χ1) is 6.76. The Morgan fingerprint density at radius 1 is 0.571 bits per heavy atom. The number of hydrogen-bond donors (Lipinski definition) is 0. The van der Waals surface area contributed by atoms with Gasteiger partial charge in [0.25, 0.3) is 0 Å². The summed E-state index contributed by atoms with van der Waals surface area (Å²) < 4.78 is 0. The third-order valence-electron chi connectivity index (χ3n) is 1.89. The number of hydrogen-bond acceptors (Lipinski definition) is 4. The molecule has 1 aromatic rings. The molecule has 0 spiro atoms. The third-order valence-corrected chi connectivity index (χ3v) is 5.26. The van der Waals surface area contributed by atoms with Crippen LogP contribution in [-0.2, 0) is 0 Å². The van der Waals surface area contributed by atoms with Crippen LogP contribution in [0.5, 0.6) is 0 Å². The quantitative estimate of drug-likeness (QED) is 0.728. The van der Waals surface area contributed by atoms with Crippen LogP contribution in [0.2, 0.25) is 0 Å². The van der Waals surface area contributed by atoms with Crippen molar-refractivity contribution < 1.29 is 0 Å². The molecule has 78 valence electrons. The van der Waals surface area contributed by atoms with Crippen LogP contribution >= 0.6 is 47.0 Å². The second-order valence-electron chi connectivity index (χ2n) is 2.56. The topological polar surface area (TPSA) is 0 Å². The predicted octanol–water partition coefficient (Wildman–Crippen LogP) is 4.57. The van der Waals surface area contributed by atoms with E-state index in [4.69, 9.17) is 0 Å². The van der Waals surface area contributed by atoms with Crippen LogP contribution in [0.15, 0.2) is 31.7 Å². The van der Waals surface area contributed by atoms with E-state index in [2.05, 4.69) is 37.2 Å². The van der Waals surface area contributed by atoms with Gasteiger partial charge in [-0.2, -0.15) is 0 Å². The Hall–Kier alpha value is 0.620. The van der Waals surface area contributed by atoms with Crippen LogP contribution in [0.25, 0.3) is 0 Å². The molecule has 1 aromatic carbocycles. The van der Waals surface area contributed by atoms with Gasteiger partial charge in [-0.15, -0.1) is 47.0 Å². The van der Waals surface area contributed by atoms with Crippen LogP contribution in [-0.4, -0.2) is 25.0 Å². The zero-order valence-electron chi connectivity index (χ0n) is 8.79. The van der Waals surface area contributed by atoms with E-state index in [0.717, 1.165) is 0 Å². The monoisotopic (exact) mass is 262 g/mol. The highest BCUT2D eigenvalue weighted by Gasteiger charge is 2.07. The molecule has 14 heavy (non-hydrogen) atoms. The maximum Gasteiger partial charge on any atom is 0.0217 e. The molecule has 0 bridgehead atoms. The van der Waals surface area contributed by atoms with Gasteiger partial charge in [-0.1, -0.05) is 0 Å². The summed E-state index contributed by atoms with van der Waals surface area (Å²) in [7, 11) is 0. The largest absolute Gasteiger partial charge is 0.128 e. The summed E-state index contributed by atoms with van der Waals surface area (Å²) >= 11 is 7.30. The molecular formula is C10H14S4. The van der Waals surface area contributed by atoms with E-state index in [-0.39, 0.29) is 0 Å². The van der Waals surface area contributed by atoms with Gasteiger partial charge >= 0.3 is 0 Å². The number of benzene rings is 1. The summed E-state index contributed by atoms with van der Waals surface area (Å²) in [6, 6.07) is 4.60. The molecule has 0 aliphatic heterocycles. The first-order valence-corrected chi connectivity index (χ1v) is 9.00. The molecule has 0 amide bonds. The second kappa shape index (κ2) is 6.26. The fraction of sp³-hybridized carbons (Fsp3) is 0.400. The molecule has 0 aliphatic carbocycles. The Balaban J connectivity index is 3.20. The average molecular weight is 262 g/mol. The van der Waals surface area contributed by atoms with Crippen molar-refractivity contribution in [2.75, 3.05) is 25.0 Å². The van der Waals surface area contributed by atoms with Gasteiger partial charge in [-0.05, 0) is 37.2 Å². The van der Waals surface area contributed by atoms with Gasteiger partial charge in [0.15, 0.2) is 0 Å². The molecule has 0 atom stereocenters. The van der Waals surface area contributed by atoms with Gasteiger partial charge in [0.1, 0.15) is 0 Å². The van der Waals surface area contributed by atoms with Gasteiger partial charge < -0.3 is 0 Å². The molecule has 0 nitrogen and oxygen atoms in total. The zero-order chi connectivity index (χ0) is 10.6. The summed E-state index contributed by atoms with van der Waals surface area (Å²) in [5.74, 6) is 0. The average Bonchev–Trinajstić information content (AvgIpc) is 2.26. The molecule has 1 rings (SSSR count). The Morgan fingerprint density at radius 2 is 0.786 bits per heavy atom. The van der Waals surface area contributed by atoms with Crippen LogP contribution in [0, 0.1) is 0 Å². The minimum Gasteiger partial charge on any atom is -0.128 e. The van der Waals surface area contributed by atoms with Crippen LogP contribution in [0.4, 0.5) is 0 Å². The van der Waals surface area contributed by atoms with Crippen molar-refractivity contribution >= 4 is 47.0 Å². The number of rotatable bonds is 4. The van der Waals surface area contributed by atoms with Gasteiger partial charge in [-0.25, -0.2) is 0 Å². The maximum atomic E-state index is 2.30. The van der Waals surface area contributed by atoms with E-state index in [1.165, 1.54) is 19.6 Å². The molecule has 0 unspecified atom stereocenters. The van der Waals surface area contributed by atoms with Crippen molar-refractivity contribution in [3.05, 3.63) is 12.1 Å². The second-order valence-corrected chi connectivity index (χ2v) is 5.95. The molecule has 0 saturated carbocycles. The molecule has 0 fully saturated rings. The minimum atomic E-state index is 1.39. The lowest BCUT2D eigenvalue weighted by Crippen LogP contribution is -1.83. The fourth-order valence-corrected chi connectivity index (χ4v) is 4.29. The van der Waals surface area contributed by atoms with Crippen molar-refractivity contribution in [3.8, 4) is 0 Å². The molecule has 0 N–H and O–H groups in total. The zero-order valence-corrected chi connectivity index (χ0v) is 12.1. The van der Waals surface area contributed by atoms with E-state index >= 15 is 0 Å². The van der Waals surface area contributed by atoms with Gasteiger partial charge in [0, 0.05) is 19.6 Å². The summed E-state index contributed by atoms with van der Waals surface area (Å²) in [5, 5.41) is 0. The number of thioether (sulfide) groups is 4. The molecule has 0 heterocycles. The SMILES string of the molecule is CSc1cc(SC)c(SC)cc1SC. The lowest BCUT2D eigenvalue weighted by molar-refractivity contribution is 1.10. The normalized spacial score (nSPS) is 10.6. The van der Waals surface area contributed by atoms with Crippen molar-refractivity contribution in [2.45, 2.75) is 19.6 Å². The van der Waals surface area contributed by atoms with Gasteiger partial charge in [0.2, 0.25) is 0 Å². The lowest BCUT2D eigenvalue weighted by Gasteiger charge is -2.10. The minimum absolute atomic E-state index is 1.39. The highest BCUT2D eigenvalue weighted by Crippen LogP contribution is 2.37. The highest BCUT2D eigenvalue weighted by molar-refractivity contribution is 8.02. The maximum absolute atomic E-state index is 2.30. The Kier molecular flexibility index (Phi) is 5.67. The first kappa shape index (κ1) is 12.7. The molecule has 0 aromatic heterocycles. The van der Waals surface area contributed by atoms with E-state index < -0.39 is 0 Å². The van der Waals surface area contributed by atoms with Gasteiger partial charge in [-0.3, -0.25) is 0 Å². The van der Waals surface area contributed by atoms with E-state index in [1.807, 2.05) is 47.0 Å². The van der Waals surface area contributed by atoms with Gasteiger partial charge in [0.05, 0.1) is 0 Å². The fourth-order valence-electron chi connectivity index (χ4n) is 1.16. The Labute approximate surface area is 103 Å². The summed E-state index contributed by atoms with van der Waals surface area (Å²) in [4.78, 5) is 5.55. The molecule has 4 heteroatoms. The first-order valence-electron chi connectivity index (χ1n) is 4.10. The Bertz CT molecular complexity index is 251. The van der Waals surface area contributed by atoms with E-state index in [0.29, 0.717) is 0 Å². The van der Waals surface area contributed by atoms with Crippen molar-refractivity contribution in [3.63, 3.8) is 0 Å². The van der Waals surface area contributed by atoms with Crippen molar-refractivity contribution in [1.82, 2.24) is 0 Å². The van der Waals surface area contributed by atoms with Crippen molar-refractivity contribution in [2.24, 2.45) is 0 Å². The molecule has 0 radical (unpaired) electrons. The van der Waals surface area contributed by atoms with Crippen LogP contribution < -0.4 is 0 Å². The van der Waals surface area contributed by atoms with Crippen LogP contribution in [0.3, 0.4) is 0 Å².